The number of hydrogen-bond acceptors (Lipinski definition) is 3. The molecule has 8 heteroatoms. The summed E-state index contributed by atoms with van der Waals surface area (Å²) in [5, 5.41) is 3.28. The predicted molar refractivity (Wildman–Crippen MR) is 111 cm³/mol. The number of halogens is 1. The predicted octanol–water partition coefficient (Wildman–Crippen LogP) is 1.51. The van der Waals surface area contributed by atoms with Crippen LogP contribution >= 0.6 is 11.6 Å². The molecule has 0 atom stereocenters. The maximum atomic E-state index is 12.7. The molecule has 0 bridgehead atoms. The second-order valence-corrected chi connectivity index (χ2v) is 9.07. The van der Waals surface area contributed by atoms with Crippen LogP contribution in [0.1, 0.15) is 5.56 Å². The molecular formula is C20H23ClN3O3S+. The zero-order chi connectivity index (χ0) is 20.1. The zero-order valence-electron chi connectivity index (χ0n) is 15.6. The summed E-state index contributed by atoms with van der Waals surface area (Å²) in [6, 6.07) is 13.4. The zero-order valence-corrected chi connectivity index (χ0v) is 17.1. The van der Waals surface area contributed by atoms with E-state index in [-0.39, 0.29) is 10.8 Å². The van der Waals surface area contributed by atoms with E-state index in [1.54, 1.807) is 24.3 Å². The summed E-state index contributed by atoms with van der Waals surface area (Å²) in [6.07, 6.45) is 3.02. The summed E-state index contributed by atoms with van der Waals surface area (Å²) in [7, 11) is -1.45. The Morgan fingerprint density at radius 2 is 1.75 bits per heavy atom. The van der Waals surface area contributed by atoms with Crippen LogP contribution in [0.5, 0.6) is 0 Å². The lowest BCUT2D eigenvalue weighted by Crippen LogP contribution is -3.12. The topological polar surface area (TPSA) is 70.9 Å². The molecule has 1 saturated heterocycles. The number of rotatable bonds is 5. The Hall–Kier alpha value is -2.19. The number of sulfonamides is 1. The van der Waals surface area contributed by atoms with Crippen LogP contribution in [0.15, 0.2) is 59.5 Å². The lowest BCUT2D eigenvalue weighted by molar-refractivity contribution is -0.883. The Morgan fingerprint density at radius 1 is 1.11 bits per heavy atom. The Morgan fingerprint density at radius 3 is 2.39 bits per heavy atom. The number of anilines is 1. The monoisotopic (exact) mass is 420 g/mol. The molecule has 0 saturated carbocycles. The minimum atomic E-state index is -3.50. The van der Waals surface area contributed by atoms with Gasteiger partial charge in [-0.1, -0.05) is 29.8 Å². The number of carbonyl (C=O) groups excluding carboxylic acids is 1. The van der Waals surface area contributed by atoms with Crippen molar-refractivity contribution in [2.24, 2.45) is 0 Å². The van der Waals surface area contributed by atoms with Gasteiger partial charge in [-0.15, -0.1) is 0 Å². The smallest absolute Gasteiger partial charge is 0.248 e. The third-order valence-corrected chi connectivity index (χ3v) is 6.91. The first-order chi connectivity index (χ1) is 13.4. The van der Waals surface area contributed by atoms with E-state index in [1.165, 1.54) is 27.4 Å². The number of amides is 1. The Labute approximate surface area is 170 Å². The summed E-state index contributed by atoms with van der Waals surface area (Å²) in [5.74, 6) is -0.322. The van der Waals surface area contributed by atoms with Gasteiger partial charge in [-0.3, -0.25) is 4.79 Å². The lowest BCUT2D eigenvalue weighted by atomic mass is 10.2. The molecule has 2 N–H and O–H groups in total. The van der Waals surface area contributed by atoms with Crippen molar-refractivity contribution in [3.05, 3.63) is 65.2 Å². The minimum Gasteiger partial charge on any atom is -0.335 e. The highest BCUT2D eigenvalue weighted by Gasteiger charge is 2.28. The van der Waals surface area contributed by atoms with E-state index in [2.05, 4.69) is 12.4 Å². The van der Waals surface area contributed by atoms with E-state index < -0.39 is 10.0 Å². The van der Waals surface area contributed by atoms with Crippen LogP contribution in [-0.4, -0.2) is 51.9 Å². The largest absolute Gasteiger partial charge is 0.335 e. The number of nitrogens with zero attached hydrogens (tertiary/aromatic N) is 1. The molecule has 0 unspecified atom stereocenters. The first kappa shape index (κ1) is 20.5. The van der Waals surface area contributed by atoms with Crippen molar-refractivity contribution in [1.82, 2.24) is 4.31 Å². The summed E-state index contributed by atoms with van der Waals surface area (Å²) >= 11 is 6.05. The van der Waals surface area contributed by atoms with Gasteiger partial charge in [0.05, 0.1) is 38.1 Å². The molecule has 1 heterocycles. The lowest BCUT2D eigenvalue weighted by Gasteiger charge is -2.29. The van der Waals surface area contributed by atoms with E-state index in [1.807, 2.05) is 18.2 Å². The van der Waals surface area contributed by atoms with E-state index in [9.17, 15) is 13.2 Å². The molecule has 0 radical (unpaired) electrons. The number of carbonyl (C=O) groups is 1. The number of nitrogens with one attached hydrogen (secondary N) is 2. The van der Waals surface area contributed by atoms with Crippen LogP contribution < -0.4 is 10.2 Å². The molecule has 28 heavy (non-hydrogen) atoms. The number of likely N-dealkylation sites (N-methyl/N-ethyl adjacent to an activating group) is 1. The van der Waals surface area contributed by atoms with Crippen LogP contribution in [0.3, 0.4) is 0 Å². The third kappa shape index (κ3) is 4.99. The quantitative estimate of drug-likeness (QED) is 0.720. The molecule has 6 nitrogen and oxygen atoms in total. The molecule has 2 aromatic carbocycles. The van der Waals surface area contributed by atoms with Gasteiger partial charge in [0.1, 0.15) is 0 Å². The van der Waals surface area contributed by atoms with Gasteiger partial charge in [-0.05, 0) is 42.0 Å². The van der Waals surface area contributed by atoms with Crippen molar-refractivity contribution < 1.29 is 18.1 Å². The SMILES string of the molecule is C[NH+]1CCN(S(=O)(=O)c2ccc(NC(=O)/C=C/c3ccccc3Cl)cc2)CC1. The highest BCUT2D eigenvalue weighted by molar-refractivity contribution is 7.89. The van der Waals surface area contributed by atoms with Crippen LogP contribution in [0.25, 0.3) is 6.08 Å². The third-order valence-electron chi connectivity index (χ3n) is 4.66. The molecule has 1 aliphatic heterocycles. The number of piperazine rings is 1. The fraction of sp³-hybridized carbons (Fsp3) is 0.250. The van der Waals surface area contributed by atoms with E-state index >= 15 is 0 Å². The fourth-order valence-corrected chi connectivity index (χ4v) is 4.57. The van der Waals surface area contributed by atoms with E-state index in [4.69, 9.17) is 11.6 Å². The summed E-state index contributed by atoms with van der Waals surface area (Å²) in [4.78, 5) is 13.6. The fourth-order valence-electron chi connectivity index (χ4n) is 2.93. The van der Waals surface area contributed by atoms with Gasteiger partial charge in [0.2, 0.25) is 15.9 Å². The molecule has 0 aliphatic carbocycles. The van der Waals surface area contributed by atoms with Crippen molar-refractivity contribution in [2.75, 3.05) is 38.5 Å². The molecule has 148 valence electrons. The van der Waals surface area contributed by atoms with Gasteiger partial charge in [0, 0.05) is 16.8 Å². The maximum absolute atomic E-state index is 12.7. The second kappa shape index (κ2) is 8.87. The van der Waals surface area contributed by atoms with Crippen molar-refractivity contribution in [2.45, 2.75) is 4.90 Å². The Bertz CT molecular complexity index is 966. The van der Waals surface area contributed by atoms with Crippen molar-refractivity contribution in [3.63, 3.8) is 0 Å². The van der Waals surface area contributed by atoms with Crippen LogP contribution in [-0.2, 0) is 14.8 Å². The van der Waals surface area contributed by atoms with E-state index in [0.717, 1.165) is 18.7 Å². The highest BCUT2D eigenvalue weighted by Crippen LogP contribution is 2.19. The molecular weight excluding hydrogens is 398 g/mol. The second-order valence-electron chi connectivity index (χ2n) is 6.73. The van der Waals surface area contributed by atoms with Gasteiger partial charge >= 0.3 is 0 Å². The molecule has 3 rings (SSSR count). The number of quaternary nitrogens is 1. The van der Waals surface area contributed by atoms with Crippen molar-refractivity contribution in [1.29, 1.82) is 0 Å². The standard InChI is InChI=1S/C20H22ClN3O3S/c1-23-12-14-24(15-13-23)28(26,27)18-9-7-17(8-10-18)22-20(25)11-6-16-4-2-3-5-19(16)21/h2-11H,12-15H2,1H3,(H,22,25)/p+1/b11-6+. The van der Waals surface area contributed by atoms with E-state index in [0.29, 0.717) is 23.8 Å². The van der Waals surface area contributed by atoms with Gasteiger partial charge in [0.25, 0.3) is 0 Å². The summed E-state index contributed by atoms with van der Waals surface area (Å²) in [6.45, 7) is 2.62. The molecule has 1 aliphatic rings. The Balaban J connectivity index is 1.64. The average Bonchev–Trinajstić information content (AvgIpc) is 2.68. The molecule has 1 fully saturated rings. The van der Waals surface area contributed by atoms with Gasteiger partial charge < -0.3 is 10.2 Å². The Kier molecular flexibility index (Phi) is 6.51. The van der Waals surface area contributed by atoms with Gasteiger partial charge in [-0.2, -0.15) is 4.31 Å². The number of benzene rings is 2. The summed E-state index contributed by atoms with van der Waals surface area (Å²) < 4.78 is 27.0. The summed E-state index contributed by atoms with van der Waals surface area (Å²) in [5.41, 5.74) is 1.27. The maximum Gasteiger partial charge on any atom is 0.248 e. The highest BCUT2D eigenvalue weighted by atomic mass is 35.5. The molecule has 2 aromatic rings. The van der Waals surface area contributed by atoms with Crippen LogP contribution in [0.4, 0.5) is 5.69 Å². The van der Waals surface area contributed by atoms with Crippen molar-refractivity contribution >= 4 is 39.3 Å². The average molecular weight is 421 g/mol. The first-order valence-electron chi connectivity index (χ1n) is 9.01. The van der Waals surface area contributed by atoms with Crippen LogP contribution in [0.2, 0.25) is 5.02 Å². The van der Waals surface area contributed by atoms with Gasteiger partial charge in [-0.25, -0.2) is 8.42 Å². The molecule has 1 amide bonds. The van der Waals surface area contributed by atoms with Crippen molar-refractivity contribution in [3.8, 4) is 0 Å². The minimum absolute atomic E-state index is 0.233. The van der Waals surface area contributed by atoms with Gasteiger partial charge in [0.15, 0.2) is 0 Å². The molecule has 0 aromatic heterocycles. The first-order valence-corrected chi connectivity index (χ1v) is 10.8. The number of hydrogen-bond donors (Lipinski definition) is 2. The molecule has 0 spiro atoms. The van der Waals surface area contributed by atoms with Crippen LogP contribution in [0, 0.1) is 0 Å². The normalized spacial score (nSPS) is 16.4.